The summed E-state index contributed by atoms with van der Waals surface area (Å²) in [7, 11) is 0. The fourth-order valence-electron chi connectivity index (χ4n) is 4.24. The summed E-state index contributed by atoms with van der Waals surface area (Å²) in [4.78, 5) is 33.4. The van der Waals surface area contributed by atoms with Crippen molar-refractivity contribution in [2.45, 2.75) is 26.0 Å². The zero-order valence-corrected chi connectivity index (χ0v) is 20.8. The van der Waals surface area contributed by atoms with Crippen molar-refractivity contribution < 1.29 is 23.5 Å². The molecule has 0 bridgehead atoms. The number of ether oxygens (including phenoxy) is 2. The summed E-state index contributed by atoms with van der Waals surface area (Å²) in [5, 5.41) is 3.90. The molecule has 0 unspecified atom stereocenters. The van der Waals surface area contributed by atoms with E-state index in [2.05, 4.69) is 15.3 Å². The normalized spacial score (nSPS) is 11.7. The number of alkyl carbamates (subject to hydrolysis) is 1. The molecule has 2 N–H and O–H groups in total. The largest absolute Gasteiger partial charge is 0.461 e. The maximum atomic E-state index is 12.9. The summed E-state index contributed by atoms with van der Waals surface area (Å²) in [5.74, 6) is -0.143. The summed E-state index contributed by atoms with van der Waals surface area (Å²) < 4.78 is 16.9. The van der Waals surface area contributed by atoms with E-state index in [1.807, 2.05) is 91.1 Å². The Kier molecular flexibility index (Phi) is 7.49. The highest BCUT2D eigenvalue weighted by molar-refractivity contribution is 5.93. The lowest BCUT2D eigenvalue weighted by molar-refractivity contribution is 0.0520. The number of hydrogen-bond acceptors (Lipinski definition) is 6. The maximum Gasteiger partial charge on any atom is 0.408 e. The van der Waals surface area contributed by atoms with Crippen molar-refractivity contribution in [3.05, 3.63) is 114 Å². The number of carbonyl (C=O) groups excluding carboxylic acids is 2. The van der Waals surface area contributed by atoms with Crippen molar-refractivity contribution in [1.29, 1.82) is 0 Å². The number of carbonyl (C=O) groups is 2. The standard InChI is InChI=1S/C30H27N3O5/c1-2-36-29(34)26-27(21-13-7-4-8-14-21)38-28(33-26)25(17-22-18-31-24-16-10-9-15-23(22)24)32-30(35)37-19-20-11-5-3-6-12-20/h3-16,18,25,31H,2,17,19H2,1H3,(H,32,35)/t25-/m1/s1. The molecule has 0 fully saturated rings. The van der Waals surface area contributed by atoms with Crippen LogP contribution in [0.15, 0.2) is 95.5 Å². The first kappa shape index (κ1) is 24.8. The highest BCUT2D eigenvalue weighted by Crippen LogP contribution is 2.31. The third kappa shape index (κ3) is 5.59. The molecule has 8 nitrogen and oxygen atoms in total. The van der Waals surface area contributed by atoms with Gasteiger partial charge in [0.25, 0.3) is 0 Å². The monoisotopic (exact) mass is 509 g/mol. The van der Waals surface area contributed by atoms with Gasteiger partial charge in [-0.2, -0.15) is 0 Å². The van der Waals surface area contributed by atoms with E-state index < -0.39 is 18.1 Å². The molecule has 0 radical (unpaired) electrons. The van der Waals surface area contributed by atoms with Crippen LogP contribution in [0, 0.1) is 0 Å². The molecule has 2 aromatic heterocycles. The minimum absolute atomic E-state index is 0.0522. The van der Waals surface area contributed by atoms with Gasteiger partial charge in [-0.05, 0) is 24.1 Å². The van der Waals surface area contributed by atoms with E-state index in [9.17, 15) is 9.59 Å². The van der Waals surface area contributed by atoms with Gasteiger partial charge in [-0.15, -0.1) is 0 Å². The van der Waals surface area contributed by atoms with Gasteiger partial charge in [0.1, 0.15) is 12.6 Å². The molecule has 0 spiro atoms. The molecule has 3 aromatic carbocycles. The molecular formula is C30H27N3O5. The molecule has 192 valence electrons. The Bertz CT molecular complexity index is 1530. The van der Waals surface area contributed by atoms with Crippen LogP contribution in [0.4, 0.5) is 4.79 Å². The Morgan fingerprint density at radius 1 is 0.947 bits per heavy atom. The predicted molar refractivity (Wildman–Crippen MR) is 142 cm³/mol. The number of nitrogens with one attached hydrogen (secondary N) is 2. The van der Waals surface area contributed by atoms with E-state index in [4.69, 9.17) is 13.9 Å². The molecule has 0 aliphatic carbocycles. The van der Waals surface area contributed by atoms with Gasteiger partial charge in [0.15, 0.2) is 11.5 Å². The van der Waals surface area contributed by atoms with E-state index in [0.29, 0.717) is 12.0 Å². The number of para-hydroxylation sites is 1. The second-order valence-corrected chi connectivity index (χ2v) is 8.64. The van der Waals surface area contributed by atoms with Gasteiger partial charge in [-0.25, -0.2) is 14.6 Å². The van der Waals surface area contributed by atoms with Gasteiger partial charge in [0.2, 0.25) is 5.89 Å². The minimum atomic E-state index is -0.719. The Morgan fingerprint density at radius 3 is 2.42 bits per heavy atom. The molecular weight excluding hydrogens is 482 g/mol. The van der Waals surface area contributed by atoms with Crippen LogP contribution in [0.5, 0.6) is 0 Å². The second kappa shape index (κ2) is 11.5. The molecule has 0 aliphatic heterocycles. The first-order valence-electron chi connectivity index (χ1n) is 12.4. The lowest BCUT2D eigenvalue weighted by atomic mass is 10.0. The van der Waals surface area contributed by atoms with Crippen molar-refractivity contribution in [2.75, 3.05) is 6.61 Å². The molecule has 1 amide bonds. The van der Waals surface area contributed by atoms with Crippen molar-refractivity contribution >= 4 is 23.0 Å². The highest BCUT2D eigenvalue weighted by atomic mass is 16.5. The quantitative estimate of drug-likeness (QED) is 0.229. The number of rotatable bonds is 9. The van der Waals surface area contributed by atoms with Gasteiger partial charge in [-0.3, -0.25) is 0 Å². The fraction of sp³-hybridized carbons (Fsp3) is 0.167. The first-order chi connectivity index (χ1) is 18.6. The molecule has 5 rings (SSSR count). The summed E-state index contributed by atoms with van der Waals surface area (Å²) >= 11 is 0. The van der Waals surface area contributed by atoms with Gasteiger partial charge >= 0.3 is 12.1 Å². The minimum Gasteiger partial charge on any atom is -0.461 e. The van der Waals surface area contributed by atoms with E-state index in [0.717, 1.165) is 22.0 Å². The number of oxazole rings is 1. The Hall–Kier alpha value is -4.85. The van der Waals surface area contributed by atoms with Gasteiger partial charge < -0.3 is 24.2 Å². The summed E-state index contributed by atoms with van der Waals surface area (Å²) in [6.45, 7) is 2.03. The number of fused-ring (bicyclic) bond motifs is 1. The van der Waals surface area contributed by atoms with Crippen LogP contribution in [-0.4, -0.2) is 28.6 Å². The lowest BCUT2D eigenvalue weighted by Crippen LogP contribution is -2.30. The maximum absolute atomic E-state index is 12.9. The zero-order chi connectivity index (χ0) is 26.3. The van der Waals surface area contributed by atoms with Gasteiger partial charge in [0, 0.05) is 29.1 Å². The van der Waals surface area contributed by atoms with Crippen LogP contribution < -0.4 is 5.32 Å². The van der Waals surface area contributed by atoms with Gasteiger partial charge in [-0.1, -0.05) is 78.9 Å². The Balaban J connectivity index is 1.48. The number of hydrogen-bond donors (Lipinski definition) is 2. The first-order valence-corrected chi connectivity index (χ1v) is 12.4. The topological polar surface area (TPSA) is 106 Å². The fourth-order valence-corrected chi connectivity index (χ4v) is 4.24. The molecule has 1 atom stereocenters. The number of nitrogens with zero attached hydrogens (tertiary/aromatic N) is 1. The van der Waals surface area contributed by atoms with E-state index >= 15 is 0 Å². The molecule has 0 saturated heterocycles. The smallest absolute Gasteiger partial charge is 0.408 e. The molecule has 8 heteroatoms. The molecule has 0 saturated carbocycles. The molecule has 38 heavy (non-hydrogen) atoms. The van der Waals surface area contributed by atoms with E-state index in [1.165, 1.54) is 0 Å². The zero-order valence-electron chi connectivity index (χ0n) is 20.8. The van der Waals surface area contributed by atoms with Gasteiger partial charge in [0.05, 0.1) is 6.61 Å². The molecule has 5 aromatic rings. The average molecular weight is 510 g/mol. The predicted octanol–water partition coefficient (Wildman–Crippen LogP) is 6.21. The second-order valence-electron chi connectivity index (χ2n) is 8.64. The van der Waals surface area contributed by atoms with E-state index in [1.54, 1.807) is 6.92 Å². The summed E-state index contributed by atoms with van der Waals surface area (Å²) in [6.07, 6.45) is 1.61. The van der Waals surface area contributed by atoms with Crippen LogP contribution in [0.2, 0.25) is 0 Å². The number of esters is 1. The van der Waals surface area contributed by atoms with E-state index in [-0.39, 0.29) is 30.6 Å². The van der Waals surface area contributed by atoms with Crippen molar-refractivity contribution in [2.24, 2.45) is 0 Å². The third-order valence-corrected chi connectivity index (χ3v) is 6.05. The van der Waals surface area contributed by atoms with Crippen molar-refractivity contribution in [3.63, 3.8) is 0 Å². The number of amides is 1. The van der Waals surface area contributed by atoms with Crippen LogP contribution in [-0.2, 0) is 22.5 Å². The Labute approximate surface area is 219 Å². The third-order valence-electron chi connectivity index (χ3n) is 6.05. The number of aromatic amines is 1. The average Bonchev–Trinajstić information content (AvgIpc) is 3.58. The lowest BCUT2D eigenvalue weighted by Gasteiger charge is -2.16. The summed E-state index contributed by atoms with van der Waals surface area (Å²) in [6, 6.07) is 25.8. The van der Waals surface area contributed by atoms with Crippen LogP contribution in [0.3, 0.4) is 0 Å². The van der Waals surface area contributed by atoms with Crippen LogP contribution >= 0.6 is 0 Å². The van der Waals surface area contributed by atoms with Crippen LogP contribution in [0.25, 0.3) is 22.2 Å². The van der Waals surface area contributed by atoms with Crippen molar-refractivity contribution in [1.82, 2.24) is 15.3 Å². The molecule has 0 aliphatic rings. The highest BCUT2D eigenvalue weighted by Gasteiger charge is 2.29. The van der Waals surface area contributed by atoms with Crippen molar-refractivity contribution in [3.8, 4) is 11.3 Å². The number of aromatic nitrogens is 2. The molecule has 2 heterocycles. The Morgan fingerprint density at radius 2 is 1.66 bits per heavy atom. The van der Waals surface area contributed by atoms with Crippen LogP contribution in [0.1, 0.15) is 40.5 Å². The SMILES string of the molecule is CCOC(=O)c1nc([C@@H](Cc2c[nH]c3ccccc23)NC(=O)OCc2ccccc2)oc1-c1ccccc1. The number of benzene rings is 3. The summed E-state index contributed by atoms with van der Waals surface area (Å²) in [5.41, 5.74) is 3.51. The number of H-pyrrole nitrogens is 1.